The second-order valence-electron chi connectivity index (χ2n) is 5.64. The number of hydrogen-bond acceptors (Lipinski definition) is 4. The molecule has 26 heavy (non-hydrogen) atoms. The van der Waals surface area contributed by atoms with Crippen LogP contribution in [0.4, 0.5) is 9.59 Å². The molecule has 0 aliphatic rings. The molecule has 6 nitrogen and oxygen atoms in total. The van der Waals surface area contributed by atoms with Crippen molar-refractivity contribution in [2.45, 2.75) is 6.92 Å². The molecule has 3 aromatic carbocycles. The van der Waals surface area contributed by atoms with Crippen molar-refractivity contribution in [2.75, 3.05) is 0 Å². The Morgan fingerprint density at radius 1 is 0.846 bits per heavy atom. The van der Waals surface area contributed by atoms with Gasteiger partial charge in [0.1, 0.15) is 5.75 Å². The maximum Gasteiger partial charge on any atom is 0.420 e. The summed E-state index contributed by atoms with van der Waals surface area (Å²) in [6.07, 6.45) is -0.973. The number of ether oxygens (including phenoxy) is 1. The summed E-state index contributed by atoms with van der Waals surface area (Å²) in [6, 6.07) is 18.4. The number of rotatable bonds is 2. The number of benzene rings is 3. The third-order valence-electron chi connectivity index (χ3n) is 3.68. The van der Waals surface area contributed by atoms with Gasteiger partial charge in [-0.2, -0.15) is 0 Å². The molecule has 0 saturated carbocycles. The van der Waals surface area contributed by atoms with Gasteiger partial charge in [0.15, 0.2) is 0 Å². The monoisotopic (exact) mass is 348 g/mol. The number of carbonyl (C=O) groups excluding carboxylic acids is 3. The fraction of sp³-hybridized carbons (Fsp3) is 0.0500. The van der Waals surface area contributed by atoms with Crippen LogP contribution in [0.1, 0.15) is 15.9 Å². The number of imide groups is 2. The Bertz CT molecular complexity index is 993. The first kappa shape index (κ1) is 17.2. The molecule has 0 fully saturated rings. The lowest BCUT2D eigenvalue weighted by molar-refractivity contribution is 0.0966. The molecule has 3 aromatic rings. The number of aryl methyl sites for hydroxylation is 1. The topological polar surface area (TPSA) is 84.5 Å². The Labute approximate surface area is 149 Å². The summed E-state index contributed by atoms with van der Waals surface area (Å²) >= 11 is 0. The number of carbonyl (C=O) groups is 3. The van der Waals surface area contributed by atoms with E-state index < -0.39 is 18.0 Å². The van der Waals surface area contributed by atoms with Crippen LogP contribution in [0.5, 0.6) is 5.75 Å². The van der Waals surface area contributed by atoms with E-state index in [1.165, 1.54) is 0 Å². The van der Waals surface area contributed by atoms with Crippen LogP contribution in [0.3, 0.4) is 0 Å². The van der Waals surface area contributed by atoms with Crippen LogP contribution in [0, 0.1) is 6.92 Å². The Kier molecular flexibility index (Phi) is 4.94. The molecule has 2 N–H and O–H groups in total. The highest BCUT2D eigenvalue weighted by molar-refractivity contribution is 6.13. The molecular weight excluding hydrogens is 332 g/mol. The van der Waals surface area contributed by atoms with E-state index in [2.05, 4.69) is 5.32 Å². The molecule has 0 atom stereocenters. The first-order valence-electron chi connectivity index (χ1n) is 7.91. The smallest absolute Gasteiger partial charge is 0.410 e. The minimum atomic E-state index is -0.973. The maximum absolute atomic E-state index is 12.3. The molecule has 0 aliphatic carbocycles. The summed E-state index contributed by atoms with van der Waals surface area (Å²) in [7, 11) is 0. The fourth-order valence-corrected chi connectivity index (χ4v) is 2.53. The lowest BCUT2D eigenvalue weighted by Gasteiger charge is -2.08. The Hall–Kier alpha value is -3.67. The van der Waals surface area contributed by atoms with Crippen LogP contribution >= 0.6 is 0 Å². The molecule has 4 amide bonds. The molecule has 6 heteroatoms. The fourth-order valence-electron chi connectivity index (χ4n) is 2.53. The number of amides is 4. The zero-order valence-corrected chi connectivity index (χ0v) is 14.0. The summed E-state index contributed by atoms with van der Waals surface area (Å²) in [5.74, 6) is -0.307. The van der Waals surface area contributed by atoms with E-state index in [0.29, 0.717) is 16.7 Å². The van der Waals surface area contributed by atoms with E-state index in [0.717, 1.165) is 10.9 Å². The number of hydrogen-bond donors (Lipinski definition) is 2. The zero-order chi connectivity index (χ0) is 18.5. The van der Waals surface area contributed by atoms with Crippen LogP contribution in [-0.4, -0.2) is 18.0 Å². The summed E-state index contributed by atoms with van der Waals surface area (Å²) in [5.41, 5.74) is 1.25. The van der Waals surface area contributed by atoms with Gasteiger partial charge in [-0.15, -0.1) is 0 Å². The number of fused-ring (bicyclic) bond motifs is 1. The van der Waals surface area contributed by atoms with Gasteiger partial charge >= 0.3 is 12.1 Å². The van der Waals surface area contributed by atoms with Crippen LogP contribution in [-0.2, 0) is 0 Å². The molecule has 0 heterocycles. The van der Waals surface area contributed by atoms with Gasteiger partial charge in [-0.05, 0) is 41.5 Å². The minimum absolute atomic E-state index is 0.302. The SMILES string of the molecule is Cc1cccc(OC(=O)NC(=O)NC(=O)c2cccc3ccccc23)c1. The van der Waals surface area contributed by atoms with Gasteiger partial charge in [-0.3, -0.25) is 10.1 Å². The van der Waals surface area contributed by atoms with Crippen molar-refractivity contribution in [1.29, 1.82) is 0 Å². The quantitative estimate of drug-likeness (QED) is 0.738. The molecule has 0 aliphatic heterocycles. The third kappa shape index (κ3) is 4.05. The van der Waals surface area contributed by atoms with E-state index >= 15 is 0 Å². The van der Waals surface area contributed by atoms with Crippen molar-refractivity contribution in [3.05, 3.63) is 77.9 Å². The van der Waals surface area contributed by atoms with Crippen molar-refractivity contribution in [2.24, 2.45) is 0 Å². The van der Waals surface area contributed by atoms with Gasteiger partial charge in [0, 0.05) is 5.56 Å². The van der Waals surface area contributed by atoms with E-state index in [1.54, 1.807) is 42.5 Å². The van der Waals surface area contributed by atoms with E-state index in [-0.39, 0.29) is 0 Å². The zero-order valence-electron chi connectivity index (χ0n) is 14.0. The van der Waals surface area contributed by atoms with Gasteiger partial charge in [-0.1, -0.05) is 48.5 Å². The Morgan fingerprint density at radius 3 is 2.38 bits per heavy atom. The predicted octanol–water partition coefficient (Wildman–Crippen LogP) is 3.79. The predicted molar refractivity (Wildman–Crippen MR) is 97.1 cm³/mol. The molecule has 130 valence electrons. The van der Waals surface area contributed by atoms with Gasteiger partial charge < -0.3 is 4.74 Å². The van der Waals surface area contributed by atoms with Crippen LogP contribution in [0.2, 0.25) is 0 Å². The normalized spacial score (nSPS) is 10.2. The van der Waals surface area contributed by atoms with Crippen molar-refractivity contribution in [3.63, 3.8) is 0 Å². The standard InChI is InChI=1S/C20H16N2O4/c1-13-6-4-9-15(12-13)26-20(25)22-19(24)21-18(23)17-11-5-8-14-7-2-3-10-16(14)17/h2-12H,1H3,(H2,21,22,23,24,25). The molecule has 0 aromatic heterocycles. The molecule has 0 radical (unpaired) electrons. The lowest BCUT2D eigenvalue weighted by Crippen LogP contribution is -2.43. The summed E-state index contributed by atoms with van der Waals surface area (Å²) in [5, 5.41) is 5.68. The van der Waals surface area contributed by atoms with Crippen LogP contribution in [0.25, 0.3) is 10.8 Å². The first-order chi connectivity index (χ1) is 12.5. The van der Waals surface area contributed by atoms with Gasteiger partial charge in [-0.25, -0.2) is 14.9 Å². The first-order valence-corrected chi connectivity index (χ1v) is 7.91. The molecule has 0 unspecified atom stereocenters. The Balaban J connectivity index is 1.64. The molecule has 0 spiro atoms. The lowest BCUT2D eigenvalue weighted by atomic mass is 10.0. The van der Waals surface area contributed by atoms with Crippen molar-refractivity contribution in [3.8, 4) is 5.75 Å². The third-order valence-corrected chi connectivity index (χ3v) is 3.68. The highest BCUT2D eigenvalue weighted by Gasteiger charge is 2.16. The van der Waals surface area contributed by atoms with E-state index in [4.69, 9.17) is 4.74 Å². The highest BCUT2D eigenvalue weighted by Crippen LogP contribution is 2.18. The molecular formula is C20H16N2O4. The van der Waals surface area contributed by atoms with Gasteiger partial charge in [0.2, 0.25) is 0 Å². The molecule has 3 rings (SSSR count). The molecule has 0 bridgehead atoms. The Morgan fingerprint density at radius 2 is 1.58 bits per heavy atom. The summed E-state index contributed by atoms with van der Waals surface area (Å²) < 4.78 is 5.00. The van der Waals surface area contributed by atoms with Crippen molar-refractivity contribution >= 4 is 28.8 Å². The van der Waals surface area contributed by atoms with Gasteiger partial charge in [0.25, 0.3) is 5.91 Å². The van der Waals surface area contributed by atoms with Crippen LogP contribution < -0.4 is 15.4 Å². The largest absolute Gasteiger partial charge is 0.420 e. The van der Waals surface area contributed by atoms with E-state index in [1.807, 2.05) is 36.5 Å². The van der Waals surface area contributed by atoms with E-state index in [9.17, 15) is 14.4 Å². The highest BCUT2D eigenvalue weighted by atomic mass is 16.6. The summed E-state index contributed by atoms with van der Waals surface area (Å²) in [4.78, 5) is 36.0. The number of urea groups is 1. The maximum atomic E-state index is 12.3. The second kappa shape index (κ2) is 7.48. The minimum Gasteiger partial charge on any atom is -0.410 e. The average molecular weight is 348 g/mol. The van der Waals surface area contributed by atoms with Crippen molar-refractivity contribution in [1.82, 2.24) is 10.6 Å². The second-order valence-corrected chi connectivity index (χ2v) is 5.64. The number of nitrogens with one attached hydrogen (secondary N) is 2. The van der Waals surface area contributed by atoms with Gasteiger partial charge in [0.05, 0.1) is 0 Å². The van der Waals surface area contributed by atoms with Crippen molar-refractivity contribution < 1.29 is 19.1 Å². The van der Waals surface area contributed by atoms with Crippen LogP contribution in [0.15, 0.2) is 66.7 Å². The average Bonchev–Trinajstić information content (AvgIpc) is 2.60. The summed E-state index contributed by atoms with van der Waals surface area (Å²) in [6.45, 7) is 1.85. The molecule has 0 saturated heterocycles.